The Labute approximate surface area is 192 Å². The molecule has 2 aromatic rings. The Balaban J connectivity index is 0.00000420. The summed E-state index contributed by atoms with van der Waals surface area (Å²) >= 11 is 0. The summed E-state index contributed by atoms with van der Waals surface area (Å²) in [4.78, 5) is 4.64. The van der Waals surface area contributed by atoms with E-state index in [-0.39, 0.29) is 30.1 Å². The number of nitrogens with zero attached hydrogens (tertiary/aromatic N) is 1. The Bertz CT molecular complexity index is 732. The van der Waals surface area contributed by atoms with Crippen LogP contribution in [0.5, 0.6) is 0 Å². The van der Waals surface area contributed by atoms with Crippen LogP contribution in [0.3, 0.4) is 0 Å². The number of benzene rings is 2. The first-order chi connectivity index (χ1) is 13.4. The molecule has 0 saturated heterocycles. The second-order valence-electron chi connectivity index (χ2n) is 7.36. The second-order valence-corrected chi connectivity index (χ2v) is 7.36. The van der Waals surface area contributed by atoms with Gasteiger partial charge in [0.2, 0.25) is 0 Å². The number of nitrogens with one attached hydrogen (secondary N) is 2. The van der Waals surface area contributed by atoms with E-state index in [1.165, 1.54) is 0 Å². The van der Waals surface area contributed by atoms with Gasteiger partial charge in [-0.25, -0.2) is 4.99 Å². The zero-order valence-electron chi connectivity index (χ0n) is 17.8. The minimum absolute atomic E-state index is 0. The average molecular weight is 511 g/mol. The third-order valence-corrected chi connectivity index (χ3v) is 4.37. The lowest BCUT2D eigenvalue weighted by Crippen LogP contribution is -2.44. The number of halogens is 1. The highest BCUT2D eigenvalue weighted by Gasteiger charge is 2.22. The Morgan fingerprint density at radius 3 is 2.24 bits per heavy atom. The van der Waals surface area contributed by atoms with E-state index in [1.807, 2.05) is 51.1 Å². The second kappa shape index (κ2) is 12.8. The van der Waals surface area contributed by atoms with Crippen molar-refractivity contribution in [2.45, 2.75) is 52.6 Å². The van der Waals surface area contributed by atoms with Crippen LogP contribution >= 0.6 is 24.0 Å². The van der Waals surface area contributed by atoms with Gasteiger partial charge in [-0.2, -0.15) is 0 Å². The van der Waals surface area contributed by atoms with Gasteiger partial charge in [-0.05, 0) is 44.4 Å². The van der Waals surface area contributed by atoms with Gasteiger partial charge in [0.1, 0.15) is 5.60 Å². The maximum atomic E-state index is 10.8. The molecule has 160 valence electrons. The summed E-state index contributed by atoms with van der Waals surface area (Å²) < 4.78 is 5.63. The van der Waals surface area contributed by atoms with Crippen LogP contribution in [-0.2, 0) is 23.5 Å². The van der Waals surface area contributed by atoms with E-state index in [4.69, 9.17) is 4.74 Å². The molecule has 0 aliphatic rings. The fraction of sp³-hybridized carbons (Fsp3) is 0.435. The minimum atomic E-state index is -0.977. The van der Waals surface area contributed by atoms with E-state index in [0.29, 0.717) is 25.7 Å². The van der Waals surface area contributed by atoms with Crippen molar-refractivity contribution in [3.63, 3.8) is 0 Å². The molecule has 2 aromatic carbocycles. The molecule has 0 aliphatic heterocycles. The van der Waals surface area contributed by atoms with Crippen molar-refractivity contribution in [2.75, 3.05) is 13.1 Å². The molecular weight excluding hydrogens is 477 g/mol. The lowest BCUT2D eigenvalue weighted by atomic mass is 9.96. The van der Waals surface area contributed by atoms with Crippen LogP contribution in [0.1, 0.15) is 44.4 Å². The highest BCUT2D eigenvalue weighted by atomic mass is 127. The largest absolute Gasteiger partial charge is 0.384 e. The van der Waals surface area contributed by atoms with E-state index in [9.17, 15) is 5.11 Å². The van der Waals surface area contributed by atoms with Crippen LogP contribution in [-0.4, -0.2) is 30.3 Å². The zero-order chi connectivity index (χ0) is 20.4. The molecule has 6 heteroatoms. The van der Waals surface area contributed by atoms with E-state index >= 15 is 0 Å². The van der Waals surface area contributed by atoms with Crippen LogP contribution in [0.2, 0.25) is 0 Å². The molecule has 0 heterocycles. The SMILES string of the molecule is CCNC(=NCc1ccc(COC(C)C)cc1)NCC(C)(O)c1ccccc1.I. The van der Waals surface area contributed by atoms with Gasteiger partial charge in [0, 0.05) is 6.54 Å². The molecule has 0 radical (unpaired) electrons. The summed E-state index contributed by atoms with van der Waals surface area (Å²) in [5.41, 5.74) is 2.18. The van der Waals surface area contributed by atoms with Crippen LogP contribution in [0, 0.1) is 0 Å². The molecule has 0 fully saturated rings. The predicted molar refractivity (Wildman–Crippen MR) is 131 cm³/mol. The minimum Gasteiger partial charge on any atom is -0.384 e. The van der Waals surface area contributed by atoms with E-state index < -0.39 is 5.60 Å². The first-order valence-corrected chi connectivity index (χ1v) is 9.90. The summed E-state index contributed by atoms with van der Waals surface area (Å²) in [7, 11) is 0. The first kappa shape index (κ1) is 25.4. The van der Waals surface area contributed by atoms with E-state index in [0.717, 1.165) is 23.2 Å². The fourth-order valence-corrected chi connectivity index (χ4v) is 2.67. The topological polar surface area (TPSA) is 65.9 Å². The van der Waals surface area contributed by atoms with Crippen LogP contribution in [0.15, 0.2) is 59.6 Å². The molecule has 0 aromatic heterocycles. The van der Waals surface area contributed by atoms with Crippen molar-refractivity contribution in [3.8, 4) is 0 Å². The molecule has 0 saturated carbocycles. The molecule has 1 atom stereocenters. The molecule has 5 nitrogen and oxygen atoms in total. The standard InChI is InChI=1S/C23H33N3O2.HI/c1-5-24-22(26-17-23(4,27)21-9-7-6-8-10-21)25-15-19-11-13-20(14-12-19)16-28-18(2)3;/h6-14,18,27H,5,15-17H2,1-4H3,(H2,24,25,26);1H. The summed E-state index contributed by atoms with van der Waals surface area (Å²) in [6, 6.07) is 18.0. The van der Waals surface area contributed by atoms with E-state index in [1.54, 1.807) is 6.92 Å². The number of hydrogen-bond donors (Lipinski definition) is 3. The van der Waals surface area contributed by atoms with Gasteiger partial charge in [0.05, 0.1) is 25.8 Å². The summed E-state index contributed by atoms with van der Waals surface area (Å²) in [6.45, 7) is 10.2. The lowest BCUT2D eigenvalue weighted by Gasteiger charge is -2.25. The molecule has 0 amide bonds. The lowest BCUT2D eigenvalue weighted by molar-refractivity contribution is 0.0617. The van der Waals surface area contributed by atoms with E-state index in [2.05, 4.69) is 39.9 Å². The molecule has 0 aliphatic carbocycles. The van der Waals surface area contributed by atoms with Gasteiger partial charge >= 0.3 is 0 Å². The molecule has 2 rings (SSSR count). The maximum Gasteiger partial charge on any atom is 0.191 e. The zero-order valence-corrected chi connectivity index (χ0v) is 20.1. The Morgan fingerprint density at radius 2 is 1.66 bits per heavy atom. The third kappa shape index (κ3) is 9.14. The van der Waals surface area contributed by atoms with Crippen molar-refractivity contribution in [3.05, 3.63) is 71.3 Å². The third-order valence-electron chi connectivity index (χ3n) is 4.37. The van der Waals surface area contributed by atoms with Crippen LogP contribution < -0.4 is 10.6 Å². The van der Waals surface area contributed by atoms with Crippen molar-refractivity contribution in [1.29, 1.82) is 0 Å². The Morgan fingerprint density at radius 1 is 1.03 bits per heavy atom. The monoisotopic (exact) mass is 511 g/mol. The Kier molecular flexibility index (Phi) is 11.2. The average Bonchev–Trinajstić information content (AvgIpc) is 2.70. The summed E-state index contributed by atoms with van der Waals surface area (Å²) in [5, 5.41) is 17.2. The fourth-order valence-electron chi connectivity index (χ4n) is 2.67. The number of ether oxygens (including phenoxy) is 1. The van der Waals surface area contributed by atoms with Crippen LogP contribution in [0.4, 0.5) is 0 Å². The number of guanidine groups is 1. The van der Waals surface area contributed by atoms with Gasteiger partial charge in [-0.1, -0.05) is 54.6 Å². The van der Waals surface area contributed by atoms with Crippen molar-refractivity contribution in [1.82, 2.24) is 10.6 Å². The molecule has 29 heavy (non-hydrogen) atoms. The quantitative estimate of drug-likeness (QED) is 0.269. The number of aliphatic imine (C=N–C) groups is 1. The summed E-state index contributed by atoms with van der Waals surface area (Å²) in [6.07, 6.45) is 0.228. The number of hydrogen-bond acceptors (Lipinski definition) is 3. The normalized spacial score (nSPS) is 13.5. The smallest absolute Gasteiger partial charge is 0.191 e. The first-order valence-electron chi connectivity index (χ1n) is 9.90. The number of aliphatic hydroxyl groups is 1. The maximum absolute atomic E-state index is 10.8. The molecule has 0 spiro atoms. The molecule has 1 unspecified atom stereocenters. The van der Waals surface area contributed by atoms with Gasteiger partial charge in [-0.3, -0.25) is 0 Å². The Hall–Kier alpha value is -1.64. The van der Waals surface area contributed by atoms with Gasteiger partial charge in [-0.15, -0.1) is 24.0 Å². The van der Waals surface area contributed by atoms with Gasteiger partial charge in [0.25, 0.3) is 0 Å². The van der Waals surface area contributed by atoms with Crippen LogP contribution in [0.25, 0.3) is 0 Å². The van der Waals surface area contributed by atoms with Gasteiger partial charge < -0.3 is 20.5 Å². The predicted octanol–water partition coefficient (Wildman–Crippen LogP) is 4.19. The van der Waals surface area contributed by atoms with Crippen molar-refractivity contribution < 1.29 is 9.84 Å². The highest BCUT2D eigenvalue weighted by molar-refractivity contribution is 14.0. The molecule has 0 bridgehead atoms. The van der Waals surface area contributed by atoms with Gasteiger partial charge in [0.15, 0.2) is 5.96 Å². The highest BCUT2D eigenvalue weighted by Crippen LogP contribution is 2.18. The number of rotatable bonds is 9. The summed E-state index contributed by atoms with van der Waals surface area (Å²) in [5.74, 6) is 0.686. The van der Waals surface area contributed by atoms with Crippen molar-refractivity contribution >= 4 is 29.9 Å². The van der Waals surface area contributed by atoms with Crippen molar-refractivity contribution in [2.24, 2.45) is 4.99 Å². The molecule has 3 N–H and O–H groups in total. The molecular formula is C23H34IN3O2.